The van der Waals surface area contributed by atoms with Crippen LogP contribution in [0.4, 0.5) is 0 Å². The molecule has 0 aromatic carbocycles. The molecular formula is C6H18AlLiO3. The van der Waals surface area contributed by atoms with Crippen molar-refractivity contribution in [2.24, 2.45) is 0 Å². The van der Waals surface area contributed by atoms with Crippen LogP contribution in [0.15, 0.2) is 0 Å². The van der Waals surface area contributed by atoms with Gasteiger partial charge in [-0.25, -0.2) is 0 Å². The SMILES string of the molecule is CC[O][Al]([O]CC)[O]CC.[HH].[LiH]. The van der Waals surface area contributed by atoms with Crippen molar-refractivity contribution in [3.8, 4) is 0 Å². The van der Waals surface area contributed by atoms with Gasteiger partial charge < -0.3 is 11.4 Å². The van der Waals surface area contributed by atoms with Gasteiger partial charge in [-0.3, -0.25) is 0 Å². The van der Waals surface area contributed by atoms with Crippen LogP contribution >= 0.6 is 0 Å². The van der Waals surface area contributed by atoms with Crippen LogP contribution in [0.25, 0.3) is 0 Å². The topological polar surface area (TPSA) is 27.7 Å². The Labute approximate surface area is 87.4 Å². The monoisotopic (exact) mass is 172 g/mol. The van der Waals surface area contributed by atoms with Crippen molar-refractivity contribution in [2.75, 3.05) is 19.8 Å². The average Bonchev–Trinajstić information content (AvgIpc) is 1.90. The summed E-state index contributed by atoms with van der Waals surface area (Å²) in [6.45, 7) is 7.86. The molecule has 0 saturated carbocycles. The number of hydrogen-bond acceptors (Lipinski definition) is 3. The van der Waals surface area contributed by atoms with Crippen LogP contribution in [0, 0.1) is 0 Å². The van der Waals surface area contributed by atoms with E-state index in [1.165, 1.54) is 0 Å². The fourth-order valence-electron chi connectivity index (χ4n) is 0.553. The van der Waals surface area contributed by atoms with Crippen LogP contribution in [-0.4, -0.2) is 53.8 Å². The van der Waals surface area contributed by atoms with Gasteiger partial charge in [-0.1, -0.05) is 0 Å². The molecule has 0 amide bonds. The average molecular weight is 172 g/mol. The zero-order valence-electron chi connectivity index (χ0n) is 6.92. The Morgan fingerprint density at radius 2 is 1.18 bits per heavy atom. The Bertz CT molecular complexity index is 65.5. The van der Waals surface area contributed by atoms with E-state index in [2.05, 4.69) is 0 Å². The van der Waals surface area contributed by atoms with E-state index in [0.717, 1.165) is 0 Å². The zero-order valence-corrected chi connectivity index (χ0v) is 8.08. The van der Waals surface area contributed by atoms with Crippen LogP contribution in [-0.2, 0) is 11.4 Å². The van der Waals surface area contributed by atoms with Gasteiger partial charge in [0.05, 0.1) is 0 Å². The van der Waals surface area contributed by atoms with Crippen molar-refractivity contribution in [2.45, 2.75) is 20.8 Å². The molecule has 0 aromatic heterocycles. The molecule has 0 aliphatic heterocycles. The van der Waals surface area contributed by atoms with Gasteiger partial charge in [0, 0.05) is 21.2 Å². The molecule has 11 heavy (non-hydrogen) atoms. The predicted octanol–water partition coefficient (Wildman–Crippen LogP) is 0.678. The van der Waals surface area contributed by atoms with E-state index in [9.17, 15) is 0 Å². The normalized spacial score (nSPS) is 9.00. The Balaban J connectivity index is -0.000000405. The van der Waals surface area contributed by atoms with Crippen molar-refractivity contribution in [1.82, 2.24) is 0 Å². The quantitative estimate of drug-likeness (QED) is 0.551. The molecule has 0 rings (SSSR count). The summed E-state index contributed by atoms with van der Waals surface area (Å²) in [5, 5.41) is 0. The molecule has 0 atom stereocenters. The maximum atomic E-state index is 5.22. The Morgan fingerprint density at radius 3 is 1.36 bits per heavy atom. The summed E-state index contributed by atoms with van der Waals surface area (Å²) in [6.07, 6.45) is 0. The maximum absolute atomic E-state index is 5.22. The van der Waals surface area contributed by atoms with Gasteiger partial charge in [0.15, 0.2) is 0 Å². The first-order valence-electron chi connectivity index (χ1n) is 3.69. The molecule has 3 nitrogen and oxygen atoms in total. The van der Waals surface area contributed by atoms with E-state index in [0.29, 0.717) is 19.8 Å². The van der Waals surface area contributed by atoms with E-state index >= 15 is 0 Å². The van der Waals surface area contributed by atoms with Crippen molar-refractivity contribution >= 4 is 34.0 Å². The third-order valence-electron chi connectivity index (χ3n) is 0.908. The van der Waals surface area contributed by atoms with Crippen LogP contribution in [0.1, 0.15) is 22.2 Å². The minimum atomic E-state index is -1.73. The standard InChI is InChI=1S/3C2H5O.Al.Li.H2.H/c3*1-2-3;;;;/h3*2H2,1H3;;;1H;/q3*-1;+3;;;. The minimum absolute atomic E-state index is 0. The van der Waals surface area contributed by atoms with Crippen LogP contribution in [0.3, 0.4) is 0 Å². The Hall–Kier alpha value is 1.01. The van der Waals surface area contributed by atoms with E-state index in [1.54, 1.807) is 0 Å². The summed E-state index contributed by atoms with van der Waals surface area (Å²) in [5.74, 6) is 0. The first-order valence-corrected chi connectivity index (χ1v) is 5.11. The van der Waals surface area contributed by atoms with E-state index in [-0.39, 0.29) is 20.3 Å². The molecule has 0 fully saturated rings. The molecule has 0 unspecified atom stereocenters. The van der Waals surface area contributed by atoms with Crippen molar-refractivity contribution < 1.29 is 12.8 Å². The molecule has 5 heteroatoms. The molecule has 0 bridgehead atoms. The summed E-state index contributed by atoms with van der Waals surface area (Å²) in [4.78, 5) is 0. The Kier molecular flexibility index (Phi) is 14.5. The first-order chi connectivity index (χ1) is 4.85. The van der Waals surface area contributed by atoms with Crippen molar-refractivity contribution in [1.29, 1.82) is 0 Å². The molecule has 0 heterocycles. The van der Waals surface area contributed by atoms with Crippen LogP contribution in [0.5, 0.6) is 0 Å². The third-order valence-corrected chi connectivity index (χ3v) is 2.72. The molecule has 0 radical (unpaired) electrons. The van der Waals surface area contributed by atoms with Gasteiger partial charge in [-0.15, -0.1) is 0 Å². The second-order valence-corrected chi connectivity index (χ2v) is 3.23. The second-order valence-electron chi connectivity index (χ2n) is 1.65. The van der Waals surface area contributed by atoms with Gasteiger partial charge >= 0.3 is 34.0 Å². The number of rotatable bonds is 6. The molecule has 0 spiro atoms. The molecule has 0 aliphatic carbocycles. The van der Waals surface area contributed by atoms with Crippen LogP contribution in [0.2, 0.25) is 0 Å². The summed E-state index contributed by atoms with van der Waals surface area (Å²) in [6, 6.07) is 0. The zero-order chi connectivity index (χ0) is 7.82. The van der Waals surface area contributed by atoms with Crippen molar-refractivity contribution in [3.63, 3.8) is 0 Å². The van der Waals surface area contributed by atoms with Gasteiger partial charge in [0.2, 0.25) is 0 Å². The van der Waals surface area contributed by atoms with E-state index in [4.69, 9.17) is 11.4 Å². The van der Waals surface area contributed by atoms with E-state index < -0.39 is 15.1 Å². The molecule has 64 valence electrons. The van der Waals surface area contributed by atoms with Gasteiger partial charge in [0.25, 0.3) is 0 Å². The Morgan fingerprint density at radius 1 is 0.909 bits per heavy atom. The summed E-state index contributed by atoms with van der Waals surface area (Å²) >= 11 is -1.73. The first kappa shape index (κ1) is 14.5. The molecule has 0 aromatic rings. The fourth-order valence-corrected chi connectivity index (χ4v) is 1.66. The van der Waals surface area contributed by atoms with Gasteiger partial charge in [-0.05, 0) is 20.8 Å². The van der Waals surface area contributed by atoms with Crippen molar-refractivity contribution in [3.05, 3.63) is 0 Å². The third kappa shape index (κ3) is 8.92. The molecule has 0 N–H and O–H groups in total. The van der Waals surface area contributed by atoms with Gasteiger partial charge in [0.1, 0.15) is 0 Å². The summed E-state index contributed by atoms with van der Waals surface area (Å²) in [7, 11) is 0. The second kappa shape index (κ2) is 11.0. The number of hydrogen-bond donors (Lipinski definition) is 0. The summed E-state index contributed by atoms with van der Waals surface area (Å²) in [5.41, 5.74) is 0. The molecule has 0 saturated heterocycles. The fraction of sp³-hybridized carbons (Fsp3) is 1.00. The van der Waals surface area contributed by atoms with Crippen LogP contribution < -0.4 is 0 Å². The molecule has 0 aliphatic rings. The molecular weight excluding hydrogens is 154 g/mol. The van der Waals surface area contributed by atoms with Gasteiger partial charge in [-0.2, -0.15) is 0 Å². The summed E-state index contributed by atoms with van der Waals surface area (Å²) < 4.78 is 15.7. The predicted molar refractivity (Wildman–Crippen MR) is 49.9 cm³/mol. The van der Waals surface area contributed by atoms with E-state index in [1.807, 2.05) is 20.8 Å².